The van der Waals surface area contributed by atoms with Crippen LogP contribution in [0.3, 0.4) is 0 Å². The molecule has 4 unspecified atom stereocenters. The molecule has 4 aromatic rings. The molecule has 2 saturated heterocycles. The van der Waals surface area contributed by atoms with E-state index in [1.807, 2.05) is 42.6 Å². The highest BCUT2D eigenvalue weighted by Gasteiger charge is 2.42. The van der Waals surface area contributed by atoms with Crippen LogP contribution in [0.5, 0.6) is 0 Å². The molecule has 4 N–H and O–H groups in total. The van der Waals surface area contributed by atoms with E-state index in [0.717, 1.165) is 46.6 Å². The van der Waals surface area contributed by atoms with E-state index in [0.29, 0.717) is 12.0 Å². The Kier molecular flexibility index (Phi) is 4.52. The van der Waals surface area contributed by atoms with Crippen molar-refractivity contribution in [2.75, 3.05) is 6.54 Å². The van der Waals surface area contributed by atoms with Crippen molar-refractivity contribution in [1.82, 2.24) is 31.1 Å². The summed E-state index contributed by atoms with van der Waals surface area (Å²) >= 11 is 0. The smallest absolute Gasteiger partial charge is 0.126 e. The van der Waals surface area contributed by atoms with Gasteiger partial charge in [0.2, 0.25) is 0 Å². The Balaban J connectivity index is 1.34. The number of aromatic nitrogens is 3. The standard InChI is InChI=1S/C24H23FN6/c25-15-6-3-5-14(11-15)16-7-4-9-19-22(16)29-24(28-19)23-17-12-20(18-8-1-2-10-26-18)27-13-21(17)30-31-23/h1-11,17,20-21,23,27,30-31H,12-13H2,(H,28,29). The quantitative estimate of drug-likeness (QED) is 0.412. The summed E-state index contributed by atoms with van der Waals surface area (Å²) in [5.74, 6) is 1.02. The van der Waals surface area contributed by atoms with E-state index in [4.69, 9.17) is 4.98 Å². The Morgan fingerprint density at radius 3 is 2.77 bits per heavy atom. The molecule has 2 aliphatic heterocycles. The Hall–Kier alpha value is -3.13. The number of hydrogen-bond donors (Lipinski definition) is 4. The molecule has 2 aliphatic rings. The van der Waals surface area contributed by atoms with Gasteiger partial charge in [-0.25, -0.2) is 14.8 Å². The van der Waals surface area contributed by atoms with Crippen molar-refractivity contribution in [3.8, 4) is 11.1 Å². The highest BCUT2D eigenvalue weighted by atomic mass is 19.1. The minimum atomic E-state index is -0.245. The lowest BCUT2D eigenvalue weighted by Gasteiger charge is -2.33. The number of halogens is 1. The van der Waals surface area contributed by atoms with Crippen LogP contribution in [0.25, 0.3) is 22.2 Å². The maximum absolute atomic E-state index is 13.8. The zero-order valence-corrected chi connectivity index (χ0v) is 16.8. The fraction of sp³-hybridized carbons (Fsp3) is 0.250. The summed E-state index contributed by atoms with van der Waals surface area (Å²) in [5, 5.41) is 3.61. The van der Waals surface area contributed by atoms with Crippen LogP contribution < -0.4 is 16.2 Å². The SMILES string of the molecule is Fc1cccc(-c2cccc3[nH]c(C4NNC5CNC(c6ccccn6)CC54)nc23)c1. The summed E-state index contributed by atoms with van der Waals surface area (Å²) in [6.07, 6.45) is 2.80. The zero-order valence-electron chi connectivity index (χ0n) is 16.8. The van der Waals surface area contributed by atoms with Crippen molar-refractivity contribution in [3.05, 3.63) is 84.2 Å². The van der Waals surface area contributed by atoms with Crippen molar-refractivity contribution in [2.24, 2.45) is 5.92 Å². The van der Waals surface area contributed by atoms with Crippen LogP contribution in [-0.2, 0) is 0 Å². The number of aromatic amines is 1. The molecule has 0 bridgehead atoms. The molecule has 156 valence electrons. The minimum absolute atomic E-state index is 0.0612. The van der Waals surface area contributed by atoms with Crippen LogP contribution in [0, 0.1) is 11.7 Å². The predicted octanol–water partition coefficient (Wildman–Crippen LogP) is 3.63. The summed E-state index contributed by atoms with van der Waals surface area (Å²) in [7, 11) is 0. The number of imidazole rings is 1. The maximum atomic E-state index is 13.8. The first-order valence-electron chi connectivity index (χ1n) is 10.7. The molecule has 6 rings (SSSR count). The summed E-state index contributed by atoms with van der Waals surface area (Å²) in [4.78, 5) is 13.0. The molecule has 7 heteroatoms. The van der Waals surface area contributed by atoms with Gasteiger partial charge in [0, 0.05) is 36.3 Å². The van der Waals surface area contributed by atoms with Crippen LogP contribution in [-0.4, -0.2) is 27.5 Å². The number of para-hydroxylation sites is 1. The van der Waals surface area contributed by atoms with Crippen LogP contribution in [0.15, 0.2) is 66.9 Å². The third-order valence-electron chi connectivity index (χ3n) is 6.47. The van der Waals surface area contributed by atoms with E-state index in [1.54, 1.807) is 12.1 Å². The molecular formula is C24H23FN6. The van der Waals surface area contributed by atoms with Crippen LogP contribution in [0.1, 0.15) is 30.0 Å². The molecule has 4 atom stereocenters. The first-order chi connectivity index (χ1) is 15.3. The number of rotatable bonds is 3. The predicted molar refractivity (Wildman–Crippen MR) is 117 cm³/mol. The largest absolute Gasteiger partial charge is 0.341 e. The first kappa shape index (κ1) is 18.6. The minimum Gasteiger partial charge on any atom is -0.341 e. The van der Waals surface area contributed by atoms with Gasteiger partial charge in [-0.15, -0.1) is 0 Å². The summed E-state index contributed by atoms with van der Waals surface area (Å²) < 4.78 is 13.8. The van der Waals surface area contributed by atoms with E-state index in [2.05, 4.69) is 32.2 Å². The topological polar surface area (TPSA) is 77.7 Å². The van der Waals surface area contributed by atoms with Crippen molar-refractivity contribution < 1.29 is 4.39 Å². The number of H-pyrrole nitrogens is 1. The van der Waals surface area contributed by atoms with Crippen LogP contribution in [0.2, 0.25) is 0 Å². The Labute approximate surface area is 179 Å². The lowest BCUT2D eigenvalue weighted by Crippen LogP contribution is -2.46. The van der Waals surface area contributed by atoms with Gasteiger partial charge in [-0.05, 0) is 42.3 Å². The summed E-state index contributed by atoms with van der Waals surface area (Å²) in [5.41, 5.74) is 11.5. The number of nitrogens with zero attached hydrogens (tertiary/aromatic N) is 2. The monoisotopic (exact) mass is 414 g/mol. The average Bonchev–Trinajstić information content (AvgIpc) is 3.43. The van der Waals surface area contributed by atoms with Gasteiger partial charge in [0.1, 0.15) is 11.6 Å². The second-order valence-corrected chi connectivity index (χ2v) is 8.32. The van der Waals surface area contributed by atoms with E-state index in [9.17, 15) is 4.39 Å². The van der Waals surface area contributed by atoms with Gasteiger partial charge < -0.3 is 10.3 Å². The van der Waals surface area contributed by atoms with Gasteiger partial charge in [0.15, 0.2) is 0 Å². The number of benzene rings is 2. The van der Waals surface area contributed by atoms with Gasteiger partial charge in [-0.3, -0.25) is 10.4 Å². The molecule has 0 radical (unpaired) electrons. The summed E-state index contributed by atoms with van der Waals surface area (Å²) in [6, 6.07) is 19.3. The molecule has 2 aromatic heterocycles. The zero-order chi connectivity index (χ0) is 20.8. The fourth-order valence-electron chi connectivity index (χ4n) is 4.94. The van der Waals surface area contributed by atoms with E-state index in [-0.39, 0.29) is 17.9 Å². The number of hydrazine groups is 1. The molecule has 31 heavy (non-hydrogen) atoms. The van der Waals surface area contributed by atoms with Gasteiger partial charge in [-0.1, -0.05) is 30.3 Å². The Morgan fingerprint density at radius 1 is 0.968 bits per heavy atom. The highest BCUT2D eigenvalue weighted by molar-refractivity contribution is 5.92. The van der Waals surface area contributed by atoms with Gasteiger partial charge in [0.05, 0.1) is 22.8 Å². The summed E-state index contributed by atoms with van der Waals surface area (Å²) in [6.45, 7) is 0.865. The number of pyridine rings is 1. The third-order valence-corrected chi connectivity index (χ3v) is 6.47. The molecular weight excluding hydrogens is 391 g/mol. The lowest BCUT2D eigenvalue weighted by atomic mass is 9.83. The molecule has 6 nitrogen and oxygen atoms in total. The van der Waals surface area contributed by atoms with Gasteiger partial charge >= 0.3 is 0 Å². The molecule has 4 heterocycles. The number of hydrogen-bond acceptors (Lipinski definition) is 5. The molecule has 2 fully saturated rings. The molecule has 2 aromatic carbocycles. The van der Waals surface area contributed by atoms with Crippen molar-refractivity contribution in [2.45, 2.75) is 24.5 Å². The lowest BCUT2D eigenvalue weighted by molar-refractivity contribution is 0.261. The second-order valence-electron chi connectivity index (χ2n) is 8.32. The maximum Gasteiger partial charge on any atom is 0.126 e. The number of piperidine rings is 1. The molecule has 0 amide bonds. The average molecular weight is 414 g/mol. The second kappa shape index (κ2) is 7.53. The number of nitrogens with one attached hydrogen (secondary N) is 4. The van der Waals surface area contributed by atoms with E-state index < -0.39 is 0 Å². The Bertz CT molecular complexity index is 1220. The molecule has 0 spiro atoms. The molecule has 0 saturated carbocycles. The third kappa shape index (κ3) is 3.31. The first-order valence-corrected chi connectivity index (χ1v) is 10.7. The van der Waals surface area contributed by atoms with Gasteiger partial charge in [0.25, 0.3) is 0 Å². The molecule has 0 aliphatic carbocycles. The normalized spacial score (nSPS) is 25.6. The van der Waals surface area contributed by atoms with Crippen molar-refractivity contribution in [3.63, 3.8) is 0 Å². The van der Waals surface area contributed by atoms with Crippen molar-refractivity contribution in [1.29, 1.82) is 0 Å². The van der Waals surface area contributed by atoms with E-state index >= 15 is 0 Å². The van der Waals surface area contributed by atoms with Gasteiger partial charge in [-0.2, -0.15) is 0 Å². The highest BCUT2D eigenvalue weighted by Crippen LogP contribution is 2.38. The van der Waals surface area contributed by atoms with Crippen molar-refractivity contribution >= 4 is 11.0 Å². The van der Waals surface area contributed by atoms with Crippen LogP contribution >= 0.6 is 0 Å². The van der Waals surface area contributed by atoms with Crippen LogP contribution in [0.4, 0.5) is 4.39 Å². The van der Waals surface area contributed by atoms with E-state index in [1.165, 1.54) is 6.07 Å². The fourth-order valence-corrected chi connectivity index (χ4v) is 4.94. The number of fused-ring (bicyclic) bond motifs is 2. The Morgan fingerprint density at radius 2 is 1.90 bits per heavy atom.